The second kappa shape index (κ2) is 7.05. The number of carbonyl (C=O) groups is 2. The molecule has 0 saturated carbocycles. The number of likely N-dealkylation sites (tertiary alicyclic amines) is 1. The van der Waals surface area contributed by atoms with Crippen LogP contribution in [-0.4, -0.2) is 48.0 Å². The summed E-state index contributed by atoms with van der Waals surface area (Å²) in [7, 11) is -3.29. The number of para-hydroxylation sites is 1. The van der Waals surface area contributed by atoms with Gasteiger partial charge in [0.1, 0.15) is 5.82 Å². The van der Waals surface area contributed by atoms with E-state index in [0.717, 1.165) is 12.8 Å². The van der Waals surface area contributed by atoms with Crippen molar-refractivity contribution in [3.05, 3.63) is 41.6 Å². The van der Waals surface area contributed by atoms with Crippen molar-refractivity contribution < 1.29 is 18.0 Å². The largest absolute Gasteiger partial charge is 0.334 e. The van der Waals surface area contributed by atoms with Crippen molar-refractivity contribution in [2.75, 3.05) is 18.4 Å². The molecule has 0 bridgehead atoms. The molecule has 1 aromatic heterocycles. The van der Waals surface area contributed by atoms with Crippen molar-refractivity contribution in [3.8, 4) is 5.69 Å². The standard InChI is InChI=1S/C19H22N4O4S/c1-13-7-9-22(10-8-13)19(25)18(24)20-17-15-11-28(26,27)12-16(15)21-23(17)14-5-3-2-4-6-14/h2-6,13H,7-12H2,1H3,(H,20,24). The van der Waals surface area contributed by atoms with Gasteiger partial charge in [0.05, 0.1) is 22.9 Å². The normalized spacial score (nSPS) is 18.7. The lowest BCUT2D eigenvalue weighted by Crippen LogP contribution is -2.44. The maximum atomic E-state index is 12.6. The maximum absolute atomic E-state index is 12.6. The van der Waals surface area contributed by atoms with Crippen LogP contribution in [0.2, 0.25) is 0 Å². The summed E-state index contributed by atoms with van der Waals surface area (Å²) in [6.07, 6.45) is 1.74. The fourth-order valence-corrected chi connectivity index (χ4v) is 5.14. The molecule has 1 saturated heterocycles. The highest BCUT2D eigenvalue weighted by Crippen LogP contribution is 2.33. The third-order valence-corrected chi connectivity index (χ3v) is 6.73. The van der Waals surface area contributed by atoms with E-state index >= 15 is 0 Å². The number of nitrogens with zero attached hydrogens (tertiary/aromatic N) is 3. The molecule has 8 nitrogen and oxygen atoms in total. The van der Waals surface area contributed by atoms with Gasteiger partial charge in [0, 0.05) is 18.7 Å². The number of benzene rings is 1. The minimum absolute atomic E-state index is 0.164. The average molecular weight is 402 g/mol. The zero-order valence-electron chi connectivity index (χ0n) is 15.6. The number of sulfone groups is 1. The Labute approximate surface area is 163 Å². The molecule has 0 spiro atoms. The molecule has 0 radical (unpaired) electrons. The van der Waals surface area contributed by atoms with Gasteiger partial charge < -0.3 is 10.2 Å². The molecule has 0 aliphatic carbocycles. The SMILES string of the molecule is CC1CCN(C(=O)C(=O)Nc2c3c(nn2-c2ccccc2)CS(=O)(=O)C3)CC1. The van der Waals surface area contributed by atoms with Gasteiger partial charge in [-0.3, -0.25) is 9.59 Å². The van der Waals surface area contributed by atoms with E-state index in [1.165, 1.54) is 4.68 Å². The molecule has 0 atom stereocenters. The van der Waals surface area contributed by atoms with Crippen LogP contribution in [0.4, 0.5) is 5.82 Å². The number of amides is 2. The highest BCUT2D eigenvalue weighted by Gasteiger charge is 2.34. The fraction of sp³-hybridized carbons (Fsp3) is 0.421. The Kier molecular flexibility index (Phi) is 4.70. The van der Waals surface area contributed by atoms with Crippen LogP contribution >= 0.6 is 0 Å². The van der Waals surface area contributed by atoms with Crippen LogP contribution in [0.5, 0.6) is 0 Å². The maximum Gasteiger partial charge on any atom is 0.315 e. The summed E-state index contributed by atoms with van der Waals surface area (Å²) in [6.45, 7) is 3.24. The Bertz CT molecular complexity index is 1020. The first-order chi connectivity index (χ1) is 13.3. The zero-order valence-corrected chi connectivity index (χ0v) is 16.4. The van der Waals surface area contributed by atoms with Gasteiger partial charge in [-0.1, -0.05) is 25.1 Å². The van der Waals surface area contributed by atoms with Crippen LogP contribution in [0.3, 0.4) is 0 Å². The van der Waals surface area contributed by atoms with Crippen molar-refractivity contribution in [1.29, 1.82) is 0 Å². The van der Waals surface area contributed by atoms with Crippen LogP contribution in [-0.2, 0) is 30.9 Å². The number of hydrogen-bond acceptors (Lipinski definition) is 5. The third-order valence-electron chi connectivity index (χ3n) is 5.29. The predicted octanol–water partition coefficient (Wildman–Crippen LogP) is 1.50. The van der Waals surface area contributed by atoms with Crippen LogP contribution in [0.15, 0.2) is 30.3 Å². The Balaban J connectivity index is 1.63. The quantitative estimate of drug-likeness (QED) is 0.767. The van der Waals surface area contributed by atoms with Gasteiger partial charge in [0.15, 0.2) is 9.84 Å². The van der Waals surface area contributed by atoms with Crippen LogP contribution in [0.1, 0.15) is 31.0 Å². The van der Waals surface area contributed by atoms with E-state index < -0.39 is 21.7 Å². The molecule has 28 heavy (non-hydrogen) atoms. The molecule has 0 unspecified atom stereocenters. The molecular weight excluding hydrogens is 380 g/mol. The van der Waals surface area contributed by atoms with Gasteiger partial charge in [-0.05, 0) is 30.9 Å². The van der Waals surface area contributed by atoms with Crippen LogP contribution in [0, 0.1) is 5.92 Å². The minimum Gasteiger partial charge on any atom is -0.334 e. The number of piperidine rings is 1. The van der Waals surface area contributed by atoms with Crippen molar-refractivity contribution in [2.45, 2.75) is 31.3 Å². The number of carbonyl (C=O) groups excluding carboxylic acids is 2. The summed E-state index contributed by atoms with van der Waals surface area (Å²) in [5.41, 5.74) is 1.56. The molecule has 1 fully saturated rings. The summed E-state index contributed by atoms with van der Waals surface area (Å²) < 4.78 is 25.5. The molecule has 3 heterocycles. The first-order valence-electron chi connectivity index (χ1n) is 9.31. The Hall–Kier alpha value is -2.68. The number of aromatic nitrogens is 2. The van der Waals surface area contributed by atoms with E-state index in [9.17, 15) is 18.0 Å². The molecule has 4 rings (SSSR count). The van der Waals surface area contributed by atoms with Gasteiger partial charge in [0.25, 0.3) is 0 Å². The monoisotopic (exact) mass is 402 g/mol. The van der Waals surface area contributed by atoms with E-state index in [2.05, 4.69) is 17.3 Å². The Morgan fingerprint density at radius 3 is 2.46 bits per heavy atom. The lowest BCUT2D eigenvalue weighted by atomic mass is 9.99. The molecule has 9 heteroatoms. The molecule has 2 aliphatic heterocycles. The number of nitrogens with one attached hydrogen (secondary N) is 1. The predicted molar refractivity (Wildman–Crippen MR) is 103 cm³/mol. The Morgan fingerprint density at radius 2 is 1.79 bits per heavy atom. The number of rotatable bonds is 2. The van der Waals surface area contributed by atoms with Crippen molar-refractivity contribution in [1.82, 2.24) is 14.7 Å². The van der Waals surface area contributed by atoms with Crippen molar-refractivity contribution >= 4 is 27.5 Å². The van der Waals surface area contributed by atoms with Crippen molar-refractivity contribution in [2.24, 2.45) is 5.92 Å². The summed E-state index contributed by atoms with van der Waals surface area (Å²) >= 11 is 0. The summed E-state index contributed by atoms with van der Waals surface area (Å²) in [4.78, 5) is 26.8. The second-order valence-electron chi connectivity index (χ2n) is 7.48. The fourth-order valence-electron chi connectivity index (χ4n) is 3.64. The van der Waals surface area contributed by atoms with Crippen LogP contribution in [0.25, 0.3) is 5.69 Å². The highest BCUT2D eigenvalue weighted by molar-refractivity contribution is 7.90. The zero-order chi connectivity index (χ0) is 19.9. The molecule has 2 aliphatic rings. The van der Waals surface area contributed by atoms with Gasteiger partial charge in [-0.2, -0.15) is 5.10 Å². The molecule has 1 aromatic carbocycles. The first kappa shape index (κ1) is 18.7. The minimum atomic E-state index is -3.29. The van der Waals surface area contributed by atoms with Crippen molar-refractivity contribution in [3.63, 3.8) is 0 Å². The third kappa shape index (κ3) is 3.54. The first-order valence-corrected chi connectivity index (χ1v) is 11.1. The van der Waals surface area contributed by atoms with Gasteiger partial charge in [-0.15, -0.1) is 0 Å². The summed E-state index contributed by atoms with van der Waals surface area (Å²) in [5.74, 6) is -0.921. The molecule has 2 amide bonds. The molecule has 148 valence electrons. The second-order valence-corrected chi connectivity index (χ2v) is 9.55. The van der Waals surface area contributed by atoms with E-state index in [-0.39, 0.29) is 17.3 Å². The topological polar surface area (TPSA) is 101 Å². The number of hydrogen-bond donors (Lipinski definition) is 1. The van der Waals surface area contributed by atoms with E-state index in [4.69, 9.17) is 0 Å². The van der Waals surface area contributed by atoms with Gasteiger partial charge in [0.2, 0.25) is 0 Å². The lowest BCUT2D eigenvalue weighted by molar-refractivity contribution is -0.144. The number of fused-ring (bicyclic) bond motifs is 1. The van der Waals surface area contributed by atoms with Gasteiger partial charge in [-0.25, -0.2) is 13.1 Å². The van der Waals surface area contributed by atoms with Gasteiger partial charge >= 0.3 is 11.8 Å². The molecular formula is C19H22N4O4S. The smallest absolute Gasteiger partial charge is 0.315 e. The lowest BCUT2D eigenvalue weighted by Gasteiger charge is -2.29. The number of anilines is 1. The van der Waals surface area contributed by atoms with E-state index in [1.807, 2.05) is 18.2 Å². The summed E-state index contributed by atoms with van der Waals surface area (Å²) in [5, 5.41) is 7.03. The highest BCUT2D eigenvalue weighted by atomic mass is 32.2. The van der Waals surface area contributed by atoms with E-state index in [0.29, 0.717) is 36.0 Å². The molecule has 2 aromatic rings. The average Bonchev–Trinajstić information content (AvgIpc) is 3.15. The van der Waals surface area contributed by atoms with Crippen LogP contribution < -0.4 is 5.32 Å². The Morgan fingerprint density at radius 1 is 1.11 bits per heavy atom. The van der Waals surface area contributed by atoms with E-state index in [1.54, 1.807) is 17.0 Å². The molecule has 1 N–H and O–H groups in total. The summed E-state index contributed by atoms with van der Waals surface area (Å²) in [6, 6.07) is 9.11.